The third-order valence-electron chi connectivity index (χ3n) is 5.49. The number of methoxy groups -OCH3 is 1. The van der Waals surface area contributed by atoms with Crippen LogP contribution in [0.5, 0.6) is 5.75 Å². The first-order valence-corrected chi connectivity index (χ1v) is 12.0. The average molecular weight is 471 g/mol. The molecule has 0 spiro atoms. The fraction of sp³-hybridized carbons (Fsp3) is 0.208. The van der Waals surface area contributed by atoms with Crippen LogP contribution in [-0.4, -0.2) is 27.5 Å². The van der Waals surface area contributed by atoms with Gasteiger partial charge in [-0.2, -0.15) is 0 Å². The van der Waals surface area contributed by atoms with Crippen LogP contribution >= 0.6 is 11.6 Å². The maximum atomic E-state index is 13.2. The molecule has 1 heterocycles. The number of nitrogens with zero attached hydrogens (tertiary/aromatic N) is 1. The molecule has 0 bridgehead atoms. The van der Waals surface area contributed by atoms with Gasteiger partial charge in [0.2, 0.25) is 10.0 Å². The fourth-order valence-electron chi connectivity index (χ4n) is 3.84. The van der Waals surface area contributed by atoms with E-state index >= 15 is 0 Å². The molecule has 0 radical (unpaired) electrons. The van der Waals surface area contributed by atoms with Gasteiger partial charge in [0.25, 0.3) is 5.91 Å². The van der Waals surface area contributed by atoms with Crippen LogP contribution in [0.2, 0.25) is 5.02 Å². The van der Waals surface area contributed by atoms with Gasteiger partial charge in [0.15, 0.2) is 0 Å². The van der Waals surface area contributed by atoms with Gasteiger partial charge in [-0.3, -0.25) is 4.79 Å². The van der Waals surface area contributed by atoms with E-state index < -0.39 is 10.0 Å². The van der Waals surface area contributed by atoms with Gasteiger partial charge in [0, 0.05) is 28.9 Å². The van der Waals surface area contributed by atoms with Gasteiger partial charge in [-0.15, -0.1) is 0 Å². The van der Waals surface area contributed by atoms with Crippen molar-refractivity contribution in [3.63, 3.8) is 0 Å². The van der Waals surface area contributed by atoms with Crippen molar-refractivity contribution in [2.24, 2.45) is 0 Å². The minimum Gasteiger partial charge on any atom is -0.497 e. The van der Waals surface area contributed by atoms with Gasteiger partial charge in [0.1, 0.15) is 5.75 Å². The number of sulfonamides is 1. The van der Waals surface area contributed by atoms with Crippen LogP contribution in [0.4, 0.5) is 5.69 Å². The molecule has 1 amide bonds. The molecular weight excluding hydrogens is 448 g/mol. The Morgan fingerprint density at radius 3 is 2.56 bits per heavy atom. The number of halogens is 1. The smallest absolute Gasteiger partial charge is 0.258 e. The molecule has 166 valence electrons. The number of carbonyl (C=O) groups excluding carboxylic acids is 1. The number of carbonyl (C=O) groups is 1. The van der Waals surface area contributed by atoms with E-state index in [0.29, 0.717) is 16.3 Å². The van der Waals surface area contributed by atoms with Crippen molar-refractivity contribution >= 4 is 33.2 Å². The molecule has 32 heavy (non-hydrogen) atoms. The monoisotopic (exact) mass is 470 g/mol. The van der Waals surface area contributed by atoms with Crippen molar-refractivity contribution in [1.82, 2.24) is 4.72 Å². The zero-order chi connectivity index (χ0) is 22.9. The molecule has 0 saturated heterocycles. The lowest BCUT2D eigenvalue weighted by Crippen LogP contribution is -2.35. The normalized spacial score (nSPS) is 15.5. The summed E-state index contributed by atoms with van der Waals surface area (Å²) in [5.41, 5.74) is 3.19. The summed E-state index contributed by atoms with van der Waals surface area (Å²) < 4.78 is 33.0. The minimum atomic E-state index is -3.71. The maximum Gasteiger partial charge on any atom is 0.258 e. The lowest BCUT2D eigenvalue weighted by atomic mass is 10.1. The van der Waals surface area contributed by atoms with Crippen molar-refractivity contribution in [3.8, 4) is 5.75 Å². The number of amides is 1. The number of hydrogen-bond acceptors (Lipinski definition) is 4. The number of rotatable bonds is 6. The molecule has 0 aromatic heterocycles. The summed E-state index contributed by atoms with van der Waals surface area (Å²) in [4.78, 5) is 15.1. The van der Waals surface area contributed by atoms with E-state index in [2.05, 4.69) is 4.72 Å². The molecule has 1 N–H and O–H groups in total. The Balaban J connectivity index is 1.56. The van der Waals surface area contributed by atoms with Crippen LogP contribution in [0.25, 0.3) is 0 Å². The second-order valence-corrected chi connectivity index (χ2v) is 9.91. The molecule has 1 aliphatic rings. The Morgan fingerprint density at radius 1 is 1.12 bits per heavy atom. The van der Waals surface area contributed by atoms with Crippen molar-refractivity contribution < 1.29 is 17.9 Å². The number of anilines is 1. The Kier molecular flexibility index (Phi) is 6.24. The molecule has 0 fully saturated rings. The van der Waals surface area contributed by atoms with Crippen LogP contribution in [0, 0.1) is 0 Å². The molecular formula is C24H23ClN2O4S. The van der Waals surface area contributed by atoms with E-state index in [1.165, 1.54) is 12.1 Å². The highest BCUT2D eigenvalue weighted by atomic mass is 35.5. The highest BCUT2D eigenvalue weighted by Crippen LogP contribution is 2.34. The quantitative estimate of drug-likeness (QED) is 0.578. The number of benzene rings is 3. The van der Waals surface area contributed by atoms with Crippen LogP contribution in [0.1, 0.15) is 28.4 Å². The number of hydrogen-bond donors (Lipinski definition) is 1. The van der Waals surface area contributed by atoms with Crippen LogP contribution in [0.15, 0.2) is 71.6 Å². The molecule has 1 aliphatic heterocycles. The van der Waals surface area contributed by atoms with E-state index in [4.69, 9.17) is 16.3 Å². The summed E-state index contributed by atoms with van der Waals surface area (Å²) >= 11 is 5.92. The Bertz CT molecular complexity index is 1260. The largest absolute Gasteiger partial charge is 0.497 e. The van der Waals surface area contributed by atoms with E-state index in [9.17, 15) is 13.2 Å². The third-order valence-corrected chi connectivity index (χ3v) is 7.13. The van der Waals surface area contributed by atoms with E-state index in [1.807, 2.05) is 25.1 Å². The molecule has 3 aromatic rings. The third kappa shape index (κ3) is 4.50. The lowest BCUT2D eigenvalue weighted by molar-refractivity contribution is 0.0981. The molecule has 6 nitrogen and oxygen atoms in total. The number of nitrogens with one attached hydrogen (secondary N) is 1. The van der Waals surface area contributed by atoms with Crippen molar-refractivity contribution in [1.29, 1.82) is 0 Å². The maximum absolute atomic E-state index is 13.2. The first-order chi connectivity index (χ1) is 15.3. The SMILES string of the molecule is COc1ccc(C(=O)N2c3cc(CNS(=O)(=O)c4cccc(Cl)c4)ccc3CC2C)cc1. The zero-order valence-corrected chi connectivity index (χ0v) is 19.3. The average Bonchev–Trinajstić information content (AvgIpc) is 3.12. The van der Waals surface area contributed by atoms with Crippen LogP contribution in [0.3, 0.4) is 0 Å². The Hall–Kier alpha value is -2.87. The molecule has 8 heteroatoms. The summed E-state index contributed by atoms with van der Waals surface area (Å²) in [7, 11) is -2.13. The predicted molar refractivity (Wildman–Crippen MR) is 125 cm³/mol. The molecule has 3 aromatic carbocycles. The van der Waals surface area contributed by atoms with Crippen LogP contribution in [-0.2, 0) is 23.0 Å². The van der Waals surface area contributed by atoms with E-state index in [0.717, 1.165) is 23.2 Å². The molecule has 1 unspecified atom stereocenters. The molecule has 0 saturated carbocycles. The van der Waals surface area contributed by atoms with Crippen molar-refractivity contribution in [3.05, 3.63) is 88.4 Å². The van der Waals surface area contributed by atoms with E-state index in [1.54, 1.807) is 48.4 Å². The van der Waals surface area contributed by atoms with Gasteiger partial charge >= 0.3 is 0 Å². The van der Waals surface area contributed by atoms with E-state index in [-0.39, 0.29) is 23.4 Å². The molecule has 1 atom stereocenters. The Labute approximate surface area is 192 Å². The van der Waals surface area contributed by atoms with Crippen LogP contribution < -0.4 is 14.4 Å². The van der Waals surface area contributed by atoms with Crippen molar-refractivity contribution in [2.45, 2.75) is 30.8 Å². The summed E-state index contributed by atoms with van der Waals surface area (Å²) in [5.74, 6) is 0.584. The lowest BCUT2D eigenvalue weighted by Gasteiger charge is -2.23. The summed E-state index contributed by atoms with van der Waals surface area (Å²) in [5, 5.41) is 0.354. The minimum absolute atomic E-state index is 0.00185. The second kappa shape index (κ2) is 8.94. The zero-order valence-electron chi connectivity index (χ0n) is 17.7. The van der Waals surface area contributed by atoms with Gasteiger partial charge in [-0.25, -0.2) is 13.1 Å². The van der Waals surface area contributed by atoms with Gasteiger partial charge < -0.3 is 9.64 Å². The number of ether oxygens (including phenoxy) is 1. The molecule has 4 rings (SSSR count). The highest BCUT2D eigenvalue weighted by Gasteiger charge is 2.31. The standard InChI is InChI=1S/C24H23ClN2O4S/c1-16-12-19-7-6-17(15-26-32(29,30)22-5-3-4-20(25)14-22)13-23(19)27(16)24(28)18-8-10-21(31-2)11-9-18/h3-11,13-14,16,26H,12,15H2,1-2H3. The van der Waals surface area contributed by atoms with Gasteiger partial charge in [-0.1, -0.05) is 29.8 Å². The highest BCUT2D eigenvalue weighted by molar-refractivity contribution is 7.89. The first kappa shape index (κ1) is 22.3. The summed E-state index contributed by atoms with van der Waals surface area (Å²) in [6.45, 7) is 2.10. The molecule has 0 aliphatic carbocycles. The van der Waals surface area contributed by atoms with Gasteiger partial charge in [0.05, 0.1) is 12.0 Å². The topological polar surface area (TPSA) is 75.7 Å². The van der Waals surface area contributed by atoms with Gasteiger partial charge in [-0.05, 0) is 73.0 Å². The number of fused-ring (bicyclic) bond motifs is 1. The Morgan fingerprint density at radius 2 is 1.88 bits per heavy atom. The first-order valence-electron chi connectivity index (χ1n) is 10.1. The fourth-order valence-corrected chi connectivity index (χ4v) is 5.16. The summed E-state index contributed by atoms with van der Waals surface area (Å²) in [6.07, 6.45) is 0.742. The predicted octanol–water partition coefficient (Wildman–Crippen LogP) is 4.42. The summed E-state index contributed by atoms with van der Waals surface area (Å²) in [6, 6.07) is 18.8. The second-order valence-electron chi connectivity index (χ2n) is 7.70. The van der Waals surface area contributed by atoms with Crippen molar-refractivity contribution in [2.75, 3.05) is 12.0 Å².